The van der Waals surface area contributed by atoms with E-state index in [1.807, 2.05) is 42.5 Å². The Morgan fingerprint density at radius 2 is 1.73 bits per heavy atom. The van der Waals surface area contributed by atoms with Gasteiger partial charge in [0.2, 0.25) is 6.79 Å². The lowest BCUT2D eigenvalue weighted by Crippen LogP contribution is -2.57. The number of fused-ring (bicyclic) bond motifs is 1. The van der Waals surface area contributed by atoms with Gasteiger partial charge in [-0.25, -0.2) is 0 Å². The van der Waals surface area contributed by atoms with E-state index in [4.69, 9.17) is 18.9 Å². The summed E-state index contributed by atoms with van der Waals surface area (Å²) < 4.78 is 23.3. The monoisotopic (exact) mass is 409 g/mol. The zero-order valence-corrected chi connectivity index (χ0v) is 17.4. The van der Waals surface area contributed by atoms with Crippen molar-refractivity contribution < 1.29 is 23.7 Å². The van der Waals surface area contributed by atoms with E-state index in [1.165, 1.54) is 0 Å². The number of ether oxygens (including phenoxy) is 4. The summed E-state index contributed by atoms with van der Waals surface area (Å²) in [6, 6.07) is 15.3. The van der Waals surface area contributed by atoms with Crippen molar-refractivity contribution in [1.82, 2.24) is 5.32 Å². The molecule has 1 N–H and O–H groups in total. The summed E-state index contributed by atoms with van der Waals surface area (Å²) in [6.45, 7) is 5.79. The van der Waals surface area contributed by atoms with E-state index in [9.17, 15) is 4.79 Å². The van der Waals surface area contributed by atoms with Crippen molar-refractivity contribution in [3.63, 3.8) is 0 Å². The second-order valence-corrected chi connectivity index (χ2v) is 9.01. The fourth-order valence-corrected chi connectivity index (χ4v) is 5.15. The molecular weight excluding hydrogens is 382 g/mol. The lowest BCUT2D eigenvalue weighted by Gasteiger charge is -2.51. The smallest absolute Gasteiger partial charge is 0.251 e. The second-order valence-electron chi connectivity index (χ2n) is 9.01. The van der Waals surface area contributed by atoms with Gasteiger partial charge in [-0.2, -0.15) is 0 Å². The van der Waals surface area contributed by atoms with Gasteiger partial charge in [-0.15, -0.1) is 0 Å². The molecule has 2 fully saturated rings. The quantitative estimate of drug-likeness (QED) is 0.834. The molecule has 6 heteroatoms. The molecule has 158 valence electrons. The molecular formula is C24H27NO5. The molecule has 2 heterocycles. The highest BCUT2D eigenvalue weighted by atomic mass is 16.7. The third-order valence-electron chi connectivity index (χ3n) is 6.46. The second kappa shape index (κ2) is 7.29. The third-order valence-corrected chi connectivity index (χ3v) is 6.46. The molecule has 2 aromatic rings. The first-order chi connectivity index (χ1) is 14.5. The van der Waals surface area contributed by atoms with Gasteiger partial charge in [0.25, 0.3) is 5.91 Å². The first kappa shape index (κ1) is 19.4. The summed E-state index contributed by atoms with van der Waals surface area (Å²) in [5.41, 5.74) is 1.50. The maximum atomic E-state index is 13.1. The molecule has 2 aliphatic heterocycles. The Hall–Kier alpha value is -2.57. The minimum atomic E-state index is -0.613. The summed E-state index contributed by atoms with van der Waals surface area (Å²) in [5.74, 6) is 0.823. The maximum Gasteiger partial charge on any atom is 0.251 e. The van der Waals surface area contributed by atoms with Crippen molar-refractivity contribution in [1.29, 1.82) is 0 Å². The molecule has 1 amide bonds. The van der Waals surface area contributed by atoms with E-state index in [0.717, 1.165) is 23.5 Å². The number of nitrogens with one attached hydrogen (secondary N) is 1. The molecule has 2 aromatic carbocycles. The van der Waals surface area contributed by atoms with Gasteiger partial charge in [0.1, 0.15) is 0 Å². The van der Waals surface area contributed by atoms with Crippen LogP contribution in [0.3, 0.4) is 0 Å². The van der Waals surface area contributed by atoms with Crippen LogP contribution in [0.2, 0.25) is 0 Å². The first-order valence-electron chi connectivity index (χ1n) is 10.5. The van der Waals surface area contributed by atoms with Crippen LogP contribution in [0.15, 0.2) is 48.5 Å². The highest BCUT2D eigenvalue weighted by molar-refractivity contribution is 5.94. The molecule has 2 atom stereocenters. The van der Waals surface area contributed by atoms with E-state index < -0.39 is 5.79 Å². The normalized spacial score (nSPS) is 25.9. The van der Waals surface area contributed by atoms with Gasteiger partial charge in [-0.3, -0.25) is 4.79 Å². The zero-order chi connectivity index (χ0) is 20.8. The van der Waals surface area contributed by atoms with Crippen molar-refractivity contribution >= 4 is 5.91 Å². The average Bonchev–Trinajstić information content (AvgIpc) is 3.39. The SMILES string of the molecule is CC1(C)CC2(C[C@@H](c3ccc4c(c3)OCO4)[C@@H]1NC(=O)c1ccccc1)OCCO2. The van der Waals surface area contributed by atoms with Crippen molar-refractivity contribution in [3.05, 3.63) is 59.7 Å². The van der Waals surface area contributed by atoms with E-state index in [1.54, 1.807) is 0 Å². The lowest BCUT2D eigenvalue weighted by molar-refractivity contribution is -0.207. The van der Waals surface area contributed by atoms with Crippen molar-refractivity contribution in [2.75, 3.05) is 20.0 Å². The minimum Gasteiger partial charge on any atom is -0.454 e. The number of hydrogen-bond donors (Lipinski definition) is 1. The number of carbonyl (C=O) groups is 1. The molecule has 30 heavy (non-hydrogen) atoms. The summed E-state index contributed by atoms with van der Waals surface area (Å²) in [6.07, 6.45) is 1.40. The van der Waals surface area contributed by atoms with Crippen LogP contribution in [-0.2, 0) is 9.47 Å². The molecule has 1 aliphatic carbocycles. The summed E-state index contributed by atoms with van der Waals surface area (Å²) in [7, 11) is 0. The van der Waals surface area contributed by atoms with Gasteiger partial charge in [0.05, 0.1) is 13.2 Å². The van der Waals surface area contributed by atoms with Crippen LogP contribution in [0, 0.1) is 5.41 Å². The van der Waals surface area contributed by atoms with Crippen molar-refractivity contribution in [2.24, 2.45) is 5.41 Å². The molecule has 0 unspecified atom stereocenters. The number of carbonyl (C=O) groups excluding carboxylic acids is 1. The molecule has 6 nitrogen and oxygen atoms in total. The van der Waals surface area contributed by atoms with Crippen LogP contribution in [0.4, 0.5) is 0 Å². The van der Waals surface area contributed by atoms with E-state index in [0.29, 0.717) is 25.2 Å². The molecule has 0 radical (unpaired) electrons. The van der Waals surface area contributed by atoms with Gasteiger partial charge in [0.15, 0.2) is 17.3 Å². The zero-order valence-electron chi connectivity index (χ0n) is 17.4. The van der Waals surface area contributed by atoms with E-state index in [2.05, 4.69) is 25.2 Å². The molecule has 3 aliphatic rings. The highest BCUT2D eigenvalue weighted by Crippen LogP contribution is 2.52. The van der Waals surface area contributed by atoms with Crippen LogP contribution < -0.4 is 14.8 Å². The third kappa shape index (κ3) is 3.44. The number of benzene rings is 2. The van der Waals surface area contributed by atoms with Gasteiger partial charge < -0.3 is 24.3 Å². The number of hydrogen-bond acceptors (Lipinski definition) is 5. The summed E-state index contributed by atoms with van der Waals surface area (Å²) in [5, 5.41) is 3.33. The van der Waals surface area contributed by atoms with E-state index >= 15 is 0 Å². The predicted molar refractivity (Wildman–Crippen MR) is 111 cm³/mol. The molecule has 1 saturated carbocycles. The lowest BCUT2D eigenvalue weighted by atomic mass is 9.63. The molecule has 0 bridgehead atoms. The van der Waals surface area contributed by atoms with Gasteiger partial charge in [-0.1, -0.05) is 38.1 Å². The fourth-order valence-electron chi connectivity index (χ4n) is 5.15. The van der Waals surface area contributed by atoms with Gasteiger partial charge in [-0.05, 0) is 35.2 Å². The molecule has 1 spiro atoms. The highest BCUT2D eigenvalue weighted by Gasteiger charge is 2.54. The Morgan fingerprint density at radius 3 is 2.50 bits per heavy atom. The van der Waals surface area contributed by atoms with Crippen molar-refractivity contribution in [2.45, 2.75) is 44.4 Å². The Morgan fingerprint density at radius 1 is 1.00 bits per heavy atom. The average molecular weight is 409 g/mol. The minimum absolute atomic E-state index is 0.00834. The Balaban J connectivity index is 1.51. The predicted octanol–water partition coefficient (Wildman–Crippen LogP) is 3.86. The largest absolute Gasteiger partial charge is 0.454 e. The fraction of sp³-hybridized carbons (Fsp3) is 0.458. The first-order valence-corrected chi connectivity index (χ1v) is 10.5. The molecule has 5 rings (SSSR count). The maximum absolute atomic E-state index is 13.1. The van der Waals surface area contributed by atoms with Gasteiger partial charge >= 0.3 is 0 Å². The molecule has 0 aromatic heterocycles. The van der Waals surface area contributed by atoms with Crippen LogP contribution >= 0.6 is 0 Å². The van der Waals surface area contributed by atoms with Crippen LogP contribution in [-0.4, -0.2) is 37.7 Å². The topological polar surface area (TPSA) is 66.0 Å². The van der Waals surface area contributed by atoms with Gasteiger partial charge in [0, 0.05) is 30.4 Å². The Bertz CT molecular complexity index is 936. The van der Waals surface area contributed by atoms with Crippen LogP contribution in [0.25, 0.3) is 0 Å². The van der Waals surface area contributed by atoms with E-state index in [-0.39, 0.29) is 30.1 Å². The molecule has 1 saturated heterocycles. The summed E-state index contributed by atoms with van der Waals surface area (Å²) in [4.78, 5) is 13.1. The standard InChI is InChI=1S/C24H27NO5/c1-23(2)14-24(29-10-11-30-24)13-18(17-8-9-19-20(12-17)28-15-27-19)21(23)25-22(26)16-6-4-3-5-7-16/h3-9,12,18,21H,10-11,13-15H2,1-2H3,(H,25,26)/t18-,21-/m0/s1. The van der Waals surface area contributed by atoms with Crippen molar-refractivity contribution in [3.8, 4) is 11.5 Å². The van der Waals surface area contributed by atoms with Crippen LogP contribution in [0.5, 0.6) is 11.5 Å². The number of rotatable bonds is 3. The summed E-state index contributed by atoms with van der Waals surface area (Å²) >= 11 is 0. The Kier molecular flexibility index (Phi) is 4.71. The van der Waals surface area contributed by atoms with Crippen LogP contribution in [0.1, 0.15) is 48.5 Å². The number of amides is 1. The Labute approximate surface area is 176 Å².